The summed E-state index contributed by atoms with van der Waals surface area (Å²) in [6, 6.07) is 9.13. The minimum absolute atomic E-state index is 0.0157. The number of nitrogens with zero attached hydrogens (tertiary/aromatic N) is 1. The molecule has 0 unspecified atom stereocenters. The summed E-state index contributed by atoms with van der Waals surface area (Å²) in [6.45, 7) is -0.157. The molecule has 4 bridgehead atoms. The van der Waals surface area contributed by atoms with Crippen LogP contribution in [0.1, 0.15) is 44.1 Å². The van der Waals surface area contributed by atoms with Crippen LogP contribution in [0.15, 0.2) is 47.0 Å². The number of nitroso groups, excluding NO2 is 1. The highest BCUT2D eigenvalue weighted by Gasteiger charge is 2.51. The number of hydrogen-bond acceptors (Lipinski definition) is 6. The first-order valence-electron chi connectivity index (χ1n) is 9.67. The number of carbonyl (C=O) groups is 1. The first-order valence-corrected chi connectivity index (χ1v) is 9.67. The first kappa shape index (κ1) is 18.2. The molecule has 0 saturated heterocycles. The fourth-order valence-electron chi connectivity index (χ4n) is 5.50. The van der Waals surface area contributed by atoms with Gasteiger partial charge in [-0.25, -0.2) is 4.79 Å². The van der Waals surface area contributed by atoms with Gasteiger partial charge >= 0.3 is 5.97 Å². The van der Waals surface area contributed by atoms with Crippen molar-refractivity contribution >= 4 is 5.97 Å². The summed E-state index contributed by atoms with van der Waals surface area (Å²) < 4.78 is 11.2. The Hall–Kier alpha value is -2.21. The quantitative estimate of drug-likeness (QED) is 0.335. The number of aliphatic hydroxyl groups is 1. The molecule has 0 spiro atoms. The van der Waals surface area contributed by atoms with Crippen molar-refractivity contribution < 1.29 is 19.4 Å². The van der Waals surface area contributed by atoms with Gasteiger partial charge in [-0.2, -0.15) is 0 Å². The van der Waals surface area contributed by atoms with Crippen molar-refractivity contribution in [2.75, 3.05) is 6.61 Å². The molecule has 6 nitrogen and oxygen atoms in total. The molecular formula is C21H25NO5. The van der Waals surface area contributed by atoms with Crippen LogP contribution in [0.5, 0.6) is 0 Å². The lowest BCUT2D eigenvalue weighted by molar-refractivity contribution is -0.161. The van der Waals surface area contributed by atoms with Crippen LogP contribution in [0.3, 0.4) is 0 Å². The number of esters is 1. The van der Waals surface area contributed by atoms with Crippen LogP contribution in [0.2, 0.25) is 0 Å². The van der Waals surface area contributed by atoms with Gasteiger partial charge < -0.3 is 14.6 Å². The molecule has 0 radical (unpaired) electrons. The van der Waals surface area contributed by atoms with Gasteiger partial charge in [-0.15, -0.1) is 4.91 Å². The number of rotatable bonds is 7. The van der Waals surface area contributed by atoms with Crippen molar-refractivity contribution in [2.45, 2.75) is 50.7 Å². The van der Waals surface area contributed by atoms with Gasteiger partial charge in [0, 0.05) is 0 Å². The van der Waals surface area contributed by atoms with E-state index in [0.29, 0.717) is 17.8 Å². The zero-order chi connectivity index (χ0) is 18.9. The summed E-state index contributed by atoms with van der Waals surface area (Å²) in [5.41, 5.74) is -0.0268. The van der Waals surface area contributed by atoms with Gasteiger partial charge in [-0.1, -0.05) is 30.3 Å². The monoisotopic (exact) mass is 371 g/mol. The topological polar surface area (TPSA) is 85.2 Å². The molecule has 27 heavy (non-hydrogen) atoms. The summed E-state index contributed by atoms with van der Waals surface area (Å²) >= 11 is 0. The van der Waals surface area contributed by atoms with E-state index in [-0.39, 0.29) is 18.8 Å². The van der Waals surface area contributed by atoms with Gasteiger partial charge in [-0.3, -0.25) is 0 Å². The van der Waals surface area contributed by atoms with E-state index in [9.17, 15) is 14.8 Å². The second kappa shape index (κ2) is 7.43. The lowest BCUT2D eigenvalue weighted by atomic mass is 9.54. The van der Waals surface area contributed by atoms with Gasteiger partial charge in [0.25, 0.3) is 0 Å². The molecule has 0 heterocycles. The highest BCUT2D eigenvalue weighted by molar-refractivity contribution is 5.88. The summed E-state index contributed by atoms with van der Waals surface area (Å²) in [4.78, 5) is 23.2. The standard InChI is InChI=1S/C21H25NO5/c23-18(19(22-25)20(24)26-12-14-4-2-1-3-5-14)13-27-21-9-15-6-16(10-21)8-17(7-15)11-21/h1-5,15-17,23H,6-13H2. The van der Waals surface area contributed by atoms with Crippen LogP contribution >= 0.6 is 0 Å². The second-order valence-electron chi connectivity index (χ2n) is 8.34. The molecule has 1 aromatic rings. The average molecular weight is 371 g/mol. The van der Waals surface area contributed by atoms with Crippen molar-refractivity contribution in [1.82, 2.24) is 0 Å². The van der Waals surface area contributed by atoms with Crippen LogP contribution in [0.25, 0.3) is 0 Å². The molecule has 6 heteroatoms. The molecule has 1 aromatic carbocycles. The number of benzene rings is 1. The SMILES string of the molecule is O=NC(C(=O)OCc1ccccc1)=C(O)COC12CC3CC(CC(C3)C1)C2. The molecule has 0 atom stereocenters. The second-order valence-corrected chi connectivity index (χ2v) is 8.34. The minimum atomic E-state index is -0.930. The Kier molecular flexibility index (Phi) is 5.00. The molecule has 0 aromatic heterocycles. The summed E-state index contributed by atoms with van der Waals surface area (Å²) in [5.74, 6) is 0.755. The highest BCUT2D eigenvalue weighted by Crippen LogP contribution is 2.57. The van der Waals surface area contributed by atoms with Crippen LogP contribution in [-0.2, 0) is 20.9 Å². The highest BCUT2D eigenvalue weighted by atomic mass is 16.5. The van der Waals surface area contributed by atoms with Crippen LogP contribution in [-0.4, -0.2) is 23.3 Å². The predicted octanol–water partition coefficient (Wildman–Crippen LogP) is 4.25. The number of aliphatic hydroxyl groups excluding tert-OH is 1. The van der Waals surface area contributed by atoms with Gasteiger partial charge in [0.2, 0.25) is 5.70 Å². The maximum atomic E-state index is 12.1. The van der Waals surface area contributed by atoms with E-state index >= 15 is 0 Å². The lowest BCUT2D eigenvalue weighted by Crippen LogP contribution is -2.52. The van der Waals surface area contributed by atoms with Gasteiger partial charge in [0.15, 0.2) is 5.76 Å². The zero-order valence-corrected chi connectivity index (χ0v) is 15.3. The van der Waals surface area contributed by atoms with E-state index < -0.39 is 17.4 Å². The van der Waals surface area contributed by atoms with Crippen molar-refractivity contribution in [3.8, 4) is 0 Å². The molecule has 0 amide bonds. The molecule has 0 aliphatic heterocycles. The Bertz CT molecular complexity index is 707. The van der Waals surface area contributed by atoms with E-state index in [0.717, 1.165) is 24.8 Å². The molecule has 4 aliphatic carbocycles. The lowest BCUT2D eigenvalue weighted by Gasteiger charge is -2.56. The number of hydrogen-bond donors (Lipinski definition) is 1. The summed E-state index contributed by atoms with van der Waals surface area (Å²) in [6.07, 6.45) is 6.89. The third-order valence-corrected chi connectivity index (χ3v) is 6.27. The maximum Gasteiger partial charge on any atom is 0.364 e. The Morgan fingerprint density at radius 2 is 1.67 bits per heavy atom. The van der Waals surface area contributed by atoms with Gasteiger partial charge in [-0.05, 0) is 67.0 Å². The van der Waals surface area contributed by atoms with Crippen molar-refractivity contribution in [2.24, 2.45) is 22.9 Å². The van der Waals surface area contributed by atoms with Crippen molar-refractivity contribution in [3.05, 3.63) is 52.3 Å². The van der Waals surface area contributed by atoms with Crippen molar-refractivity contribution in [3.63, 3.8) is 0 Å². The van der Waals surface area contributed by atoms with E-state index in [1.54, 1.807) is 12.1 Å². The number of carbonyl (C=O) groups excluding carboxylic acids is 1. The Morgan fingerprint density at radius 3 is 2.22 bits per heavy atom. The molecule has 4 fully saturated rings. The van der Waals surface area contributed by atoms with Crippen LogP contribution in [0, 0.1) is 22.7 Å². The van der Waals surface area contributed by atoms with E-state index in [2.05, 4.69) is 5.18 Å². The van der Waals surface area contributed by atoms with E-state index in [1.165, 1.54) is 19.3 Å². The smallest absolute Gasteiger partial charge is 0.364 e. The van der Waals surface area contributed by atoms with Gasteiger partial charge in [0.05, 0.1) is 5.60 Å². The molecule has 1 N–H and O–H groups in total. The fraction of sp³-hybridized carbons (Fsp3) is 0.571. The minimum Gasteiger partial charge on any atom is -0.507 e. The Labute approximate surface area is 158 Å². The predicted molar refractivity (Wildman–Crippen MR) is 98.5 cm³/mol. The van der Waals surface area contributed by atoms with Crippen LogP contribution < -0.4 is 0 Å². The fourth-order valence-corrected chi connectivity index (χ4v) is 5.50. The summed E-state index contributed by atoms with van der Waals surface area (Å²) in [5, 5.41) is 12.9. The first-order chi connectivity index (χ1) is 13.1. The Morgan fingerprint density at radius 1 is 1.07 bits per heavy atom. The third kappa shape index (κ3) is 3.90. The van der Waals surface area contributed by atoms with E-state index in [1.807, 2.05) is 18.2 Å². The maximum absolute atomic E-state index is 12.1. The van der Waals surface area contributed by atoms with Crippen LogP contribution in [0.4, 0.5) is 0 Å². The Balaban J connectivity index is 1.37. The zero-order valence-electron chi connectivity index (χ0n) is 15.3. The van der Waals surface area contributed by atoms with Gasteiger partial charge in [0.1, 0.15) is 13.2 Å². The average Bonchev–Trinajstić information content (AvgIpc) is 2.65. The molecule has 4 saturated carbocycles. The molecule has 4 aliphatic rings. The normalized spacial score (nSPS) is 32.1. The van der Waals surface area contributed by atoms with E-state index in [4.69, 9.17) is 9.47 Å². The summed E-state index contributed by atoms with van der Waals surface area (Å²) in [7, 11) is 0. The molecule has 5 rings (SSSR count). The molecule has 144 valence electrons. The largest absolute Gasteiger partial charge is 0.507 e. The number of ether oxygens (including phenoxy) is 2. The van der Waals surface area contributed by atoms with Crippen molar-refractivity contribution in [1.29, 1.82) is 0 Å². The third-order valence-electron chi connectivity index (χ3n) is 6.27. The molecular weight excluding hydrogens is 346 g/mol.